The van der Waals surface area contributed by atoms with Gasteiger partial charge in [0, 0.05) is 0 Å². The maximum Gasteiger partial charge on any atom is 0.157 e. The molecule has 3 rings (SSSR count). The van der Waals surface area contributed by atoms with Crippen LogP contribution in [0.5, 0.6) is 11.5 Å². The molecule has 0 aliphatic carbocycles. The molecule has 2 atom stereocenters. The Bertz CT molecular complexity index is 683. The van der Waals surface area contributed by atoms with Crippen molar-refractivity contribution in [3.8, 4) is 11.5 Å². The Morgan fingerprint density at radius 3 is 1.87 bits per heavy atom. The Morgan fingerprint density at radius 1 is 0.870 bits per heavy atom. The average Bonchev–Trinajstić information content (AvgIpc) is 3.06. The van der Waals surface area contributed by atoms with Crippen LogP contribution in [0.4, 0.5) is 0 Å². The largest absolute Gasteiger partial charge is 0.497 e. The molecule has 23 heavy (non-hydrogen) atoms. The lowest BCUT2D eigenvalue weighted by molar-refractivity contribution is 0.414. The molecule has 2 aromatic carbocycles. The average molecular weight is 328 g/mol. The van der Waals surface area contributed by atoms with Gasteiger partial charge in [-0.25, -0.2) is 0 Å². The van der Waals surface area contributed by atoms with Crippen molar-refractivity contribution in [3.05, 3.63) is 59.7 Å². The summed E-state index contributed by atoms with van der Waals surface area (Å²) < 4.78 is 10.5. The molecule has 0 bridgehead atoms. The second-order valence-electron chi connectivity index (χ2n) is 5.25. The molecule has 1 aliphatic rings. The Hall–Kier alpha value is -2.14. The van der Waals surface area contributed by atoms with Gasteiger partial charge in [-0.15, -0.1) is 0 Å². The first-order valence-electron chi connectivity index (χ1n) is 7.41. The van der Waals surface area contributed by atoms with Gasteiger partial charge in [0.1, 0.15) is 17.5 Å². The fourth-order valence-corrected chi connectivity index (χ4v) is 3.17. The van der Waals surface area contributed by atoms with E-state index in [0.29, 0.717) is 0 Å². The summed E-state index contributed by atoms with van der Waals surface area (Å²) in [5.74, 6) is 1.72. The van der Waals surface area contributed by atoms with Crippen molar-refractivity contribution >= 4 is 16.9 Å². The summed E-state index contributed by atoms with van der Waals surface area (Å²) in [7, 11) is 3.36. The number of amidine groups is 1. The molecule has 120 valence electrons. The van der Waals surface area contributed by atoms with Crippen molar-refractivity contribution in [2.24, 2.45) is 4.99 Å². The zero-order valence-electron chi connectivity index (χ0n) is 13.4. The number of thioether (sulfide) groups is 1. The second-order valence-corrected chi connectivity index (χ2v) is 6.05. The van der Waals surface area contributed by atoms with Crippen molar-refractivity contribution in [2.75, 3.05) is 20.5 Å². The normalized spacial score (nSPS) is 19.9. The van der Waals surface area contributed by atoms with Gasteiger partial charge in [-0.3, -0.25) is 4.99 Å². The van der Waals surface area contributed by atoms with Crippen molar-refractivity contribution < 1.29 is 9.47 Å². The van der Waals surface area contributed by atoms with E-state index in [1.54, 1.807) is 26.0 Å². The van der Waals surface area contributed by atoms with Gasteiger partial charge in [0.2, 0.25) is 0 Å². The highest BCUT2D eigenvalue weighted by atomic mass is 32.2. The molecule has 2 aromatic rings. The van der Waals surface area contributed by atoms with E-state index in [1.165, 1.54) is 11.1 Å². The molecule has 0 saturated carbocycles. The predicted molar refractivity (Wildman–Crippen MR) is 95.6 cm³/mol. The molecule has 5 heteroatoms. The van der Waals surface area contributed by atoms with Crippen LogP contribution in [0.15, 0.2) is 53.5 Å². The van der Waals surface area contributed by atoms with E-state index in [-0.39, 0.29) is 12.1 Å². The molecule has 1 aliphatic heterocycles. The van der Waals surface area contributed by atoms with E-state index in [9.17, 15) is 0 Å². The number of rotatable bonds is 4. The fourth-order valence-electron chi connectivity index (χ4n) is 2.71. The third kappa shape index (κ3) is 3.29. The van der Waals surface area contributed by atoms with Crippen molar-refractivity contribution in [1.29, 1.82) is 0 Å². The second kappa shape index (κ2) is 6.96. The standard InChI is InChI=1S/C18H20N2O2S/c1-21-14-8-4-12(5-9-14)16-17(20-18(19-16)23-3)13-6-10-15(22-2)11-7-13/h4-11,16-17H,1-3H3,(H,19,20)/t16-,17+. The Morgan fingerprint density at radius 2 is 1.39 bits per heavy atom. The molecular weight excluding hydrogens is 308 g/mol. The van der Waals surface area contributed by atoms with Crippen LogP contribution in [0.1, 0.15) is 23.2 Å². The molecule has 0 radical (unpaired) electrons. The molecule has 4 nitrogen and oxygen atoms in total. The minimum atomic E-state index is 0.0525. The summed E-state index contributed by atoms with van der Waals surface area (Å²) in [6, 6.07) is 16.4. The lowest BCUT2D eigenvalue weighted by Gasteiger charge is -2.20. The summed E-state index contributed by atoms with van der Waals surface area (Å²) in [6.45, 7) is 0. The third-order valence-electron chi connectivity index (χ3n) is 3.98. The number of methoxy groups -OCH3 is 2. The number of nitrogens with one attached hydrogen (secondary N) is 1. The van der Waals surface area contributed by atoms with Crippen molar-refractivity contribution in [2.45, 2.75) is 12.1 Å². The molecule has 0 aromatic heterocycles. The molecule has 0 saturated heterocycles. The minimum Gasteiger partial charge on any atom is -0.497 e. The first-order chi connectivity index (χ1) is 11.2. The number of ether oxygens (including phenoxy) is 2. The summed E-state index contributed by atoms with van der Waals surface area (Å²) in [5, 5.41) is 4.48. The van der Waals surface area contributed by atoms with Gasteiger partial charge in [-0.2, -0.15) is 0 Å². The smallest absolute Gasteiger partial charge is 0.157 e. The van der Waals surface area contributed by atoms with Gasteiger partial charge in [0.15, 0.2) is 5.17 Å². The molecular formula is C18H20N2O2S. The van der Waals surface area contributed by atoms with Crippen molar-refractivity contribution in [1.82, 2.24) is 5.32 Å². The molecule has 0 fully saturated rings. The number of nitrogens with zero attached hydrogens (tertiary/aromatic N) is 1. The van der Waals surface area contributed by atoms with E-state index in [0.717, 1.165) is 16.7 Å². The molecule has 1 N–H and O–H groups in total. The highest BCUT2D eigenvalue weighted by Crippen LogP contribution is 2.38. The Balaban J connectivity index is 1.91. The van der Waals surface area contributed by atoms with Crippen molar-refractivity contribution in [3.63, 3.8) is 0 Å². The molecule has 0 spiro atoms. The van der Waals surface area contributed by atoms with Crippen LogP contribution in [-0.2, 0) is 0 Å². The van der Waals surface area contributed by atoms with Gasteiger partial charge >= 0.3 is 0 Å². The van der Waals surface area contributed by atoms with Crippen LogP contribution in [0.25, 0.3) is 0 Å². The lowest BCUT2D eigenvalue weighted by atomic mass is 9.95. The van der Waals surface area contributed by atoms with Gasteiger partial charge in [-0.1, -0.05) is 36.0 Å². The van der Waals surface area contributed by atoms with Gasteiger partial charge in [0.05, 0.1) is 20.3 Å². The monoisotopic (exact) mass is 328 g/mol. The topological polar surface area (TPSA) is 42.8 Å². The first-order valence-corrected chi connectivity index (χ1v) is 8.64. The van der Waals surface area contributed by atoms with Crippen LogP contribution < -0.4 is 14.8 Å². The Labute approximate surface area is 140 Å². The van der Waals surface area contributed by atoms with Crippen LogP contribution in [0.3, 0.4) is 0 Å². The molecule has 0 amide bonds. The van der Waals surface area contributed by atoms with Crippen LogP contribution in [-0.4, -0.2) is 25.6 Å². The van der Waals surface area contributed by atoms with E-state index in [4.69, 9.17) is 14.5 Å². The lowest BCUT2D eigenvalue weighted by Crippen LogP contribution is -2.22. The quantitative estimate of drug-likeness (QED) is 0.927. The van der Waals surface area contributed by atoms with E-state index in [1.807, 2.05) is 30.5 Å². The van der Waals surface area contributed by atoms with Gasteiger partial charge in [-0.05, 0) is 41.6 Å². The number of hydrogen-bond acceptors (Lipinski definition) is 5. The third-order valence-corrected chi connectivity index (χ3v) is 4.59. The fraction of sp³-hybridized carbons (Fsp3) is 0.278. The first kappa shape index (κ1) is 15.7. The molecule has 0 unspecified atom stereocenters. The number of aliphatic imine (C=N–C) groups is 1. The van der Waals surface area contributed by atoms with E-state index < -0.39 is 0 Å². The van der Waals surface area contributed by atoms with Crippen LogP contribution >= 0.6 is 11.8 Å². The van der Waals surface area contributed by atoms with Crippen LogP contribution in [0.2, 0.25) is 0 Å². The summed E-state index contributed by atoms with van der Waals surface area (Å²) in [5.41, 5.74) is 2.36. The summed E-state index contributed by atoms with van der Waals surface area (Å²) >= 11 is 1.63. The minimum absolute atomic E-state index is 0.0525. The summed E-state index contributed by atoms with van der Waals surface area (Å²) in [4.78, 5) is 4.83. The SMILES string of the molecule is COc1ccc([C@H]2N=C(SC)N[C@H]2c2ccc(OC)cc2)cc1. The Kier molecular flexibility index (Phi) is 4.76. The zero-order chi connectivity index (χ0) is 16.2. The highest BCUT2D eigenvalue weighted by molar-refractivity contribution is 8.13. The van der Waals surface area contributed by atoms with Gasteiger partial charge < -0.3 is 14.8 Å². The zero-order valence-corrected chi connectivity index (χ0v) is 14.3. The number of benzene rings is 2. The molecule has 1 heterocycles. The van der Waals surface area contributed by atoms with Crippen LogP contribution in [0, 0.1) is 0 Å². The van der Waals surface area contributed by atoms with E-state index in [2.05, 4.69) is 29.6 Å². The predicted octanol–water partition coefficient (Wildman–Crippen LogP) is 3.81. The van der Waals surface area contributed by atoms with Gasteiger partial charge in [0.25, 0.3) is 0 Å². The maximum atomic E-state index is 5.24. The number of hydrogen-bond donors (Lipinski definition) is 1. The van der Waals surface area contributed by atoms with E-state index >= 15 is 0 Å². The maximum absolute atomic E-state index is 5.24. The highest BCUT2D eigenvalue weighted by Gasteiger charge is 2.31. The summed E-state index contributed by atoms with van der Waals surface area (Å²) in [6.07, 6.45) is 2.04.